The molecule has 2 aromatic rings. The van der Waals surface area contributed by atoms with Gasteiger partial charge in [0.2, 0.25) is 0 Å². The molecule has 1 N–H and O–H groups in total. The Kier molecular flexibility index (Phi) is 8.84. The number of nitrogens with zero attached hydrogens (tertiary/aromatic N) is 2. The highest BCUT2D eigenvalue weighted by Gasteiger charge is 2.11. The minimum atomic E-state index is 0. The van der Waals surface area contributed by atoms with Crippen molar-refractivity contribution in [2.75, 3.05) is 20.3 Å². The maximum atomic E-state index is 6.23. The summed E-state index contributed by atoms with van der Waals surface area (Å²) in [6, 6.07) is 3.88. The average Bonchev–Trinajstić information content (AvgIpc) is 3.00. The minimum absolute atomic E-state index is 0. The summed E-state index contributed by atoms with van der Waals surface area (Å²) in [6.07, 6.45) is 6.63. The average molecular weight is 359 g/mol. The van der Waals surface area contributed by atoms with Gasteiger partial charge in [0.05, 0.1) is 25.1 Å². The van der Waals surface area contributed by atoms with Crippen LogP contribution in [0.1, 0.15) is 18.9 Å². The van der Waals surface area contributed by atoms with Gasteiger partial charge in [-0.15, -0.1) is 0 Å². The first-order chi connectivity index (χ1) is 10.7. The number of rotatable bonds is 9. The smallest absolute Gasteiger partial charge is 0.179 e. The van der Waals surface area contributed by atoms with E-state index in [4.69, 9.17) is 21.1 Å². The van der Waals surface area contributed by atoms with Gasteiger partial charge in [0.25, 0.3) is 0 Å². The van der Waals surface area contributed by atoms with E-state index < -0.39 is 0 Å². The molecule has 1 heterocycles. The lowest BCUT2D eigenvalue weighted by Gasteiger charge is -2.13. The number of halogens is 2. The van der Waals surface area contributed by atoms with E-state index in [0.29, 0.717) is 23.1 Å². The first kappa shape index (κ1) is 19.6. The monoisotopic (exact) mass is 358 g/mol. The molecule has 0 spiro atoms. The van der Waals surface area contributed by atoms with Gasteiger partial charge in [0, 0.05) is 25.5 Å². The maximum absolute atomic E-state index is 6.23. The van der Waals surface area contributed by atoms with Gasteiger partial charge in [-0.3, -0.25) is 0 Å². The van der Waals surface area contributed by atoms with Gasteiger partial charge < -0.3 is 31.8 Å². The number of benzene rings is 1. The lowest BCUT2D eigenvalue weighted by atomic mass is 10.2. The molecule has 0 saturated heterocycles. The number of nitrogens with one attached hydrogen (secondary N) is 1. The molecule has 0 fully saturated rings. The highest BCUT2D eigenvalue weighted by Crippen LogP contribution is 2.36. The van der Waals surface area contributed by atoms with Crippen LogP contribution in [0.4, 0.5) is 0 Å². The lowest BCUT2D eigenvalue weighted by Crippen LogP contribution is -3.00. The third-order valence-electron chi connectivity index (χ3n) is 3.23. The number of hydrogen-bond acceptors (Lipinski definition) is 4. The Balaban J connectivity index is 0.00000264. The first-order valence-corrected chi connectivity index (χ1v) is 7.78. The molecule has 1 aromatic carbocycles. The van der Waals surface area contributed by atoms with Gasteiger partial charge in [-0.25, -0.2) is 4.98 Å². The number of aromatic nitrogens is 2. The second kappa shape index (κ2) is 10.4. The molecular formula is C16H22Cl2N3O2-. The Morgan fingerprint density at radius 1 is 1.35 bits per heavy atom. The van der Waals surface area contributed by atoms with Crippen LogP contribution < -0.4 is 27.2 Å². The van der Waals surface area contributed by atoms with Crippen LogP contribution in [0.2, 0.25) is 5.02 Å². The maximum Gasteiger partial charge on any atom is 0.179 e. The zero-order valence-electron chi connectivity index (χ0n) is 13.4. The quantitative estimate of drug-likeness (QED) is 0.647. The standard InChI is InChI=1S/C16H22ClN3O2.ClH/c1-3-22-15-10-13(9-14(17)16(15)21-2)11-18-5-4-7-20-8-6-19-12-20;/h6,8-10,12,18H,3-5,7,11H2,1-2H3;1H/p-1. The van der Waals surface area contributed by atoms with Crippen LogP contribution in [-0.2, 0) is 13.1 Å². The van der Waals surface area contributed by atoms with E-state index in [1.165, 1.54) is 0 Å². The third-order valence-corrected chi connectivity index (χ3v) is 3.51. The summed E-state index contributed by atoms with van der Waals surface area (Å²) in [7, 11) is 1.60. The zero-order chi connectivity index (χ0) is 15.8. The summed E-state index contributed by atoms with van der Waals surface area (Å²) in [4.78, 5) is 4.02. The number of imidazole rings is 1. The molecule has 0 amide bonds. The molecule has 0 aliphatic rings. The van der Waals surface area contributed by atoms with Gasteiger partial charge in [-0.05, 0) is 37.6 Å². The van der Waals surface area contributed by atoms with Crippen molar-refractivity contribution in [2.45, 2.75) is 26.4 Å². The second-order valence-electron chi connectivity index (χ2n) is 4.87. The summed E-state index contributed by atoms with van der Waals surface area (Å²) in [5, 5.41) is 3.98. The molecule has 0 unspecified atom stereocenters. The molecule has 0 bridgehead atoms. The van der Waals surface area contributed by atoms with Gasteiger partial charge in [-0.2, -0.15) is 0 Å². The first-order valence-electron chi connectivity index (χ1n) is 7.40. The van der Waals surface area contributed by atoms with Crippen molar-refractivity contribution in [3.8, 4) is 11.5 Å². The van der Waals surface area contributed by atoms with Crippen LogP contribution in [0.25, 0.3) is 0 Å². The fraction of sp³-hybridized carbons (Fsp3) is 0.438. The summed E-state index contributed by atoms with van der Waals surface area (Å²) in [5.74, 6) is 1.28. The van der Waals surface area contributed by atoms with E-state index in [-0.39, 0.29) is 12.4 Å². The fourth-order valence-electron chi connectivity index (χ4n) is 2.22. The predicted octanol–water partition coefficient (Wildman–Crippen LogP) is 0.128. The van der Waals surface area contributed by atoms with Crippen molar-refractivity contribution in [2.24, 2.45) is 0 Å². The fourth-order valence-corrected chi connectivity index (χ4v) is 2.53. The predicted molar refractivity (Wildman–Crippen MR) is 87.7 cm³/mol. The van der Waals surface area contributed by atoms with E-state index in [9.17, 15) is 0 Å². The molecular weight excluding hydrogens is 337 g/mol. The summed E-state index contributed by atoms with van der Waals surface area (Å²) < 4.78 is 12.9. The normalized spacial score (nSPS) is 10.2. The molecule has 0 aliphatic heterocycles. The third kappa shape index (κ3) is 5.94. The van der Waals surface area contributed by atoms with Crippen molar-refractivity contribution in [1.29, 1.82) is 0 Å². The topological polar surface area (TPSA) is 48.3 Å². The molecule has 128 valence electrons. The van der Waals surface area contributed by atoms with Crippen molar-refractivity contribution in [3.05, 3.63) is 41.4 Å². The van der Waals surface area contributed by atoms with Crippen LogP contribution in [0.15, 0.2) is 30.9 Å². The second-order valence-corrected chi connectivity index (χ2v) is 5.28. The van der Waals surface area contributed by atoms with E-state index in [2.05, 4.69) is 14.9 Å². The Morgan fingerprint density at radius 3 is 2.83 bits per heavy atom. The molecule has 0 atom stereocenters. The van der Waals surface area contributed by atoms with Gasteiger partial charge >= 0.3 is 0 Å². The van der Waals surface area contributed by atoms with Gasteiger partial charge in [0.1, 0.15) is 0 Å². The van der Waals surface area contributed by atoms with Crippen LogP contribution in [-0.4, -0.2) is 29.8 Å². The van der Waals surface area contributed by atoms with E-state index in [0.717, 1.165) is 31.6 Å². The molecule has 0 radical (unpaired) electrons. The lowest BCUT2D eigenvalue weighted by molar-refractivity contribution is -0.00000532. The minimum Gasteiger partial charge on any atom is -1.00 e. The molecule has 2 rings (SSSR count). The molecule has 1 aromatic heterocycles. The number of ether oxygens (including phenoxy) is 2. The van der Waals surface area contributed by atoms with Crippen molar-refractivity contribution in [1.82, 2.24) is 14.9 Å². The largest absolute Gasteiger partial charge is 1.00 e. The zero-order valence-corrected chi connectivity index (χ0v) is 14.9. The van der Waals surface area contributed by atoms with E-state index in [1.807, 2.05) is 31.6 Å². The van der Waals surface area contributed by atoms with Crippen LogP contribution in [0, 0.1) is 0 Å². The van der Waals surface area contributed by atoms with Crippen molar-refractivity contribution < 1.29 is 21.9 Å². The molecule has 0 aliphatic carbocycles. The number of methoxy groups -OCH3 is 1. The summed E-state index contributed by atoms with van der Waals surface area (Å²) in [5.41, 5.74) is 1.08. The van der Waals surface area contributed by atoms with Crippen LogP contribution in [0.5, 0.6) is 11.5 Å². The Bertz CT molecular complexity index is 577. The van der Waals surface area contributed by atoms with Crippen LogP contribution in [0.3, 0.4) is 0 Å². The molecule has 0 saturated carbocycles. The Hall–Kier alpha value is -1.43. The number of aryl methyl sites for hydroxylation is 1. The Labute approximate surface area is 148 Å². The van der Waals surface area contributed by atoms with Gasteiger partial charge in [0.15, 0.2) is 11.5 Å². The van der Waals surface area contributed by atoms with Crippen molar-refractivity contribution >= 4 is 11.6 Å². The Morgan fingerprint density at radius 2 is 2.17 bits per heavy atom. The van der Waals surface area contributed by atoms with Gasteiger partial charge in [-0.1, -0.05) is 11.6 Å². The summed E-state index contributed by atoms with van der Waals surface area (Å²) >= 11 is 6.23. The van der Waals surface area contributed by atoms with E-state index >= 15 is 0 Å². The van der Waals surface area contributed by atoms with Crippen LogP contribution >= 0.6 is 11.6 Å². The highest BCUT2D eigenvalue weighted by atomic mass is 35.5. The highest BCUT2D eigenvalue weighted by molar-refractivity contribution is 6.32. The summed E-state index contributed by atoms with van der Waals surface area (Å²) in [6.45, 7) is 5.14. The van der Waals surface area contributed by atoms with E-state index in [1.54, 1.807) is 13.3 Å². The molecule has 23 heavy (non-hydrogen) atoms. The molecule has 7 heteroatoms. The number of hydrogen-bond donors (Lipinski definition) is 1. The molecule has 5 nitrogen and oxygen atoms in total. The SMILES string of the molecule is CCOc1cc(CNCCCn2ccnc2)cc(Cl)c1OC.[Cl-]. The van der Waals surface area contributed by atoms with Crippen molar-refractivity contribution in [3.63, 3.8) is 0 Å².